The number of likely N-dealkylation sites (tertiary alicyclic amines) is 1. The lowest BCUT2D eigenvalue weighted by molar-refractivity contribution is -0.117. The van der Waals surface area contributed by atoms with Crippen molar-refractivity contribution in [3.05, 3.63) is 47.9 Å². The maximum absolute atomic E-state index is 12.5. The van der Waals surface area contributed by atoms with Gasteiger partial charge in [-0.3, -0.25) is 14.7 Å². The second-order valence-corrected chi connectivity index (χ2v) is 7.32. The number of anilines is 1. The lowest BCUT2D eigenvalue weighted by Crippen LogP contribution is -2.33. The van der Waals surface area contributed by atoms with Crippen molar-refractivity contribution in [2.45, 2.75) is 26.3 Å². The normalized spacial score (nSPS) is 16.9. The number of aromatic nitrogens is 5. The average Bonchev–Trinajstić information content (AvgIpc) is 3.26. The molecule has 4 heterocycles. The first-order valence-electron chi connectivity index (χ1n) is 9.60. The van der Waals surface area contributed by atoms with Gasteiger partial charge in [0.2, 0.25) is 5.91 Å². The summed E-state index contributed by atoms with van der Waals surface area (Å²) >= 11 is 0. The second-order valence-electron chi connectivity index (χ2n) is 7.32. The van der Waals surface area contributed by atoms with Gasteiger partial charge in [-0.2, -0.15) is 5.10 Å². The summed E-state index contributed by atoms with van der Waals surface area (Å²) in [5.74, 6) is 1.28. The predicted molar refractivity (Wildman–Crippen MR) is 110 cm³/mol. The van der Waals surface area contributed by atoms with Gasteiger partial charge < -0.3 is 11.1 Å². The molecule has 0 radical (unpaired) electrons. The van der Waals surface area contributed by atoms with Crippen molar-refractivity contribution in [3.63, 3.8) is 0 Å². The van der Waals surface area contributed by atoms with Gasteiger partial charge in [0, 0.05) is 37.1 Å². The van der Waals surface area contributed by atoms with E-state index in [1.807, 2.05) is 43.0 Å². The number of hydrogen-bond acceptors (Lipinski definition) is 7. The van der Waals surface area contributed by atoms with E-state index in [0.29, 0.717) is 23.2 Å². The highest BCUT2D eigenvalue weighted by Crippen LogP contribution is 2.19. The molecule has 3 aromatic rings. The smallest absolute Gasteiger partial charge is 0.239 e. The molecular weight excluding hydrogens is 368 g/mol. The number of nitrogens with two attached hydrogens (primary N) is 1. The summed E-state index contributed by atoms with van der Waals surface area (Å²) in [6.45, 7) is 5.72. The lowest BCUT2D eigenvalue weighted by Gasteiger charge is -2.15. The number of carbonyl (C=O) groups excluding carboxylic acids is 1. The van der Waals surface area contributed by atoms with Gasteiger partial charge in [-0.15, -0.1) is 0 Å². The Hall–Kier alpha value is -3.17. The van der Waals surface area contributed by atoms with Crippen LogP contribution in [0.4, 0.5) is 5.82 Å². The van der Waals surface area contributed by atoms with Gasteiger partial charge in [0.1, 0.15) is 11.5 Å². The van der Waals surface area contributed by atoms with Crippen molar-refractivity contribution in [3.8, 4) is 17.3 Å². The van der Waals surface area contributed by atoms with Crippen LogP contribution in [-0.4, -0.2) is 61.2 Å². The van der Waals surface area contributed by atoms with Crippen LogP contribution >= 0.6 is 0 Å². The first kappa shape index (κ1) is 19.2. The molecular formula is C20H24N8O. The Kier molecular flexibility index (Phi) is 5.32. The largest absolute Gasteiger partial charge is 0.326 e. The molecule has 1 amide bonds. The Bertz CT molecular complexity index is 1020. The number of nitrogens with one attached hydrogen (secondary N) is 1. The lowest BCUT2D eigenvalue weighted by atomic mass is 10.3. The zero-order chi connectivity index (χ0) is 20.4. The summed E-state index contributed by atoms with van der Waals surface area (Å²) in [4.78, 5) is 28.1. The van der Waals surface area contributed by atoms with Crippen LogP contribution in [0.1, 0.15) is 17.8 Å². The van der Waals surface area contributed by atoms with Crippen molar-refractivity contribution >= 4 is 11.7 Å². The fourth-order valence-electron chi connectivity index (χ4n) is 3.47. The van der Waals surface area contributed by atoms with E-state index in [2.05, 4.69) is 25.4 Å². The Balaban J connectivity index is 1.64. The molecule has 1 saturated heterocycles. The summed E-state index contributed by atoms with van der Waals surface area (Å²) in [5.41, 5.74) is 8.38. The standard InChI is InChI=1S/C20H24N8O/c1-13-9-14(2)28(26-13)18-10-17(23-19(29)12-27-8-6-15(21)11-27)24-20(25-18)16-5-3-4-7-22-16/h3-5,7,9-10,15H,6,8,11-12,21H2,1-2H3,(H,23,24,25,29). The number of pyridine rings is 1. The van der Waals surface area contributed by atoms with Crippen LogP contribution < -0.4 is 11.1 Å². The zero-order valence-electron chi connectivity index (χ0n) is 16.5. The van der Waals surface area contributed by atoms with E-state index in [-0.39, 0.29) is 18.5 Å². The molecule has 1 aliphatic rings. The maximum Gasteiger partial charge on any atom is 0.239 e. The van der Waals surface area contributed by atoms with E-state index in [1.165, 1.54) is 0 Å². The fraction of sp³-hybridized carbons (Fsp3) is 0.350. The van der Waals surface area contributed by atoms with Gasteiger partial charge in [-0.1, -0.05) is 6.07 Å². The highest BCUT2D eigenvalue weighted by atomic mass is 16.2. The van der Waals surface area contributed by atoms with Crippen LogP contribution in [0.5, 0.6) is 0 Å². The predicted octanol–water partition coefficient (Wildman–Crippen LogP) is 1.31. The summed E-state index contributed by atoms with van der Waals surface area (Å²) < 4.78 is 1.73. The topological polar surface area (TPSA) is 115 Å². The van der Waals surface area contributed by atoms with Gasteiger partial charge in [-0.05, 0) is 38.5 Å². The van der Waals surface area contributed by atoms with Crippen molar-refractivity contribution in [2.24, 2.45) is 5.73 Å². The molecule has 0 saturated carbocycles. The molecule has 29 heavy (non-hydrogen) atoms. The minimum absolute atomic E-state index is 0.134. The highest BCUT2D eigenvalue weighted by molar-refractivity contribution is 5.91. The third-order valence-corrected chi connectivity index (χ3v) is 4.78. The van der Waals surface area contributed by atoms with E-state index in [0.717, 1.165) is 30.9 Å². The van der Waals surface area contributed by atoms with E-state index in [4.69, 9.17) is 5.73 Å². The van der Waals surface area contributed by atoms with Crippen LogP contribution in [0.15, 0.2) is 36.5 Å². The summed E-state index contributed by atoms with van der Waals surface area (Å²) in [5, 5.41) is 7.39. The third-order valence-electron chi connectivity index (χ3n) is 4.78. The molecule has 9 nitrogen and oxygen atoms in total. The quantitative estimate of drug-likeness (QED) is 0.673. The van der Waals surface area contributed by atoms with Gasteiger partial charge in [-0.25, -0.2) is 14.6 Å². The highest BCUT2D eigenvalue weighted by Gasteiger charge is 2.21. The van der Waals surface area contributed by atoms with Gasteiger partial charge in [0.25, 0.3) is 0 Å². The molecule has 9 heteroatoms. The SMILES string of the molecule is Cc1cc(C)n(-c2cc(NC(=O)CN3CCC(N)C3)nc(-c3ccccn3)n2)n1. The minimum Gasteiger partial charge on any atom is -0.326 e. The number of rotatable bonds is 5. The molecule has 1 aliphatic heterocycles. The molecule has 4 rings (SSSR count). The van der Waals surface area contributed by atoms with Crippen molar-refractivity contribution in [1.29, 1.82) is 0 Å². The number of hydrogen-bond donors (Lipinski definition) is 2. The number of amides is 1. The molecule has 1 unspecified atom stereocenters. The maximum atomic E-state index is 12.5. The number of carbonyl (C=O) groups is 1. The Morgan fingerprint density at radius 1 is 1.28 bits per heavy atom. The van der Waals surface area contributed by atoms with Crippen LogP contribution in [0.3, 0.4) is 0 Å². The minimum atomic E-state index is -0.135. The van der Waals surface area contributed by atoms with Crippen molar-refractivity contribution in [2.75, 3.05) is 25.0 Å². The van der Waals surface area contributed by atoms with Gasteiger partial charge in [0.15, 0.2) is 11.6 Å². The van der Waals surface area contributed by atoms with E-state index >= 15 is 0 Å². The van der Waals surface area contributed by atoms with Gasteiger partial charge >= 0.3 is 0 Å². The number of aryl methyl sites for hydroxylation is 2. The summed E-state index contributed by atoms with van der Waals surface area (Å²) in [6.07, 6.45) is 2.59. The van der Waals surface area contributed by atoms with Crippen LogP contribution in [0.2, 0.25) is 0 Å². The van der Waals surface area contributed by atoms with Crippen LogP contribution in [0.25, 0.3) is 17.3 Å². The number of nitrogens with zero attached hydrogens (tertiary/aromatic N) is 6. The zero-order valence-corrected chi connectivity index (χ0v) is 16.5. The van der Waals surface area contributed by atoms with Crippen molar-refractivity contribution < 1.29 is 4.79 Å². The summed E-state index contributed by atoms with van der Waals surface area (Å²) in [6, 6.07) is 9.36. The molecule has 3 aromatic heterocycles. The molecule has 0 spiro atoms. The Labute approximate surface area is 169 Å². The van der Waals surface area contributed by atoms with E-state index < -0.39 is 0 Å². The monoisotopic (exact) mass is 392 g/mol. The Morgan fingerprint density at radius 2 is 2.14 bits per heavy atom. The molecule has 0 aliphatic carbocycles. The molecule has 0 aromatic carbocycles. The summed E-state index contributed by atoms with van der Waals surface area (Å²) in [7, 11) is 0. The van der Waals surface area contributed by atoms with Crippen molar-refractivity contribution in [1.82, 2.24) is 29.6 Å². The second kappa shape index (κ2) is 8.06. The first-order chi connectivity index (χ1) is 14.0. The Morgan fingerprint density at radius 3 is 2.79 bits per heavy atom. The first-order valence-corrected chi connectivity index (χ1v) is 9.60. The van der Waals surface area contributed by atoms with Gasteiger partial charge in [0.05, 0.1) is 12.2 Å². The average molecular weight is 392 g/mol. The fourth-order valence-corrected chi connectivity index (χ4v) is 3.47. The molecule has 0 bridgehead atoms. The van der Waals surface area contributed by atoms with Crippen LogP contribution in [0, 0.1) is 13.8 Å². The van der Waals surface area contributed by atoms with Crippen LogP contribution in [-0.2, 0) is 4.79 Å². The molecule has 3 N–H and O–H groups in total. The third kappa shape index (κ3) is 4.47. The molecule has 150 valence electrons. The molecule has 1 atom stereocenters. The van der Waals surface area contributed by atoms with E-state index in [1.54, 1.807) is 16.9 Å². The molecule has 1 fully saturated rings. The van der Waals surface area contributed by atoms with E-state index in [9.17, 15) is 4.79 Å².